The largest absolute Gasteiger partial charge is 0.508 e. The van der Waals surface area contributed by atoms with Crippen LogP contribution in [0.2, 0.25) is 0 Å². The Hall–Kier alpha value is -3.10. The summed E-state index contributed by atoms with van der Waals surface area (Å²) in [7, 11) is 0. The lowest BCUT2D eigenvalue weighted by atomic mass is 9.73. The third kappa shape index (κ3) is 4.48. The summed E-state index contributed by atoms with van der Waals surface area (Å²) in [5, 5.41) is 23.2. The van der Waals surface area contributed by atoms with Gasteiger partial charge < -0.3 is 14.8 Å². The molecule has 0 spiro atoms. The highest BCUT2D eigenvalue weighted by atomic mass is 32.1. The Labute approximate surface area is 198 Å². The van der Waals surface area contributed by atoms with Gasteiger partial charge in [-0.3, -0.25) is 4.79 Å². The van der Waals surface area contributed by atoms with Gasteiger partial charge in [-0.25, -0.2) is 0 Å². The number of benzene rings is 2. The Morgan fingerprint density at radius 1 is 0.971 bits per heavy atom. The highest BCUT2D eigenvalue weighted by Gasteiger charge is 2.56. The molecule has 0 saturated heterocycles. The van der Waals surface area contributed by atoms with Crippen LogP contribution in [0.5, 0.6) is 5.75 Å². The van der Waals surface area contributed by atoms with Crippen LogP contribution in [0.1, 0.15) is 25.8 Å². The second-order valence-corrected chi connectivity index (χ2v) is 10.0. The molecule has 178 valence electrons. The number of rotatable bonds is 6. The van der Waals surface area contributed by atoms with Gasteiger partial charge in [0, 0.05) is 17.8 Å². The van der Waals surface area contributed by atoms with E-state index < -0.39 is 30.2 Å². The molecule has 2 N–H and O–H groups in total. The van der Waals surface area contributed by atoms with Gasteiger partial charge in [-0.05, 0) is 46.5 Å². The van der Waals surface area contributed by atoms with Crippen LogP contribution >= 0.6 is 11.3 Å². The van der Waals surface area contributed by atoms with Gasteiger partial charge >= 0.3 is 6.18 Å². The second-order valence-electron chi connectivity index (χ2n) is 9.13. The molecule has 34 heavy (non-hydrogen) atoms. The van der Waals surface area contributed by atoms with Gasteiger partial charge in [0.1, 0.15) is 5.75 Å². The maximum absolute atomic E-state index is 14.3. The van der Waals surface area contributed by atoms with Gasteiger partial charge in [0.25, 0.3) is 0 Å². The monoisotopic (exact) mass is 487 g/mol. The van der Waals surface area contributed by atoms with Crippen LogP contribution < -0.4 is 5.43 Å². The summed E-state index contributed by atoms with van der Waals surface area (Å²) < 4.78 is 44.5. The number of alkyl halides is 3. The SMILES string of the molecule is CC(C)(CC(O)(Cn1ccc(=O)c2sccc21)C(F)(F)F)c1cc(-c2ccccc2)ccc1O. The van der Waals surface area contributed by atoms with Crippen molar-refractivity contribution in [2.45, 2.75) is 44.0 Å². The minimum atomic E-state index is -4.96. The fourth-order valence-corrected chi connectivity index (χ4v) is 5.23. The number of aromatic hydroxyl groups is 1. The number of phenols is 1. The first-order chi connectivity index (χ1) is 15.9. The Kier molecular flexibility index (Phi) is 6.08. The molecule has 0 saturated carbocycles. The Balaban J connectivity index is 1.74. The van der Waals surface area contributed by atoms with Crippen LogP contribution in [0.25, 0.3) is 21.3 Å². The molecule has 1 atom stereocenters. The van der Waals surface area contributed by atoms with Crippen molar-refractivity contribution >= 4 is 21.6 Å². The highest BCUT2D eigenvalue weighted by Crippen LogP contribution is 2.45. The number of aliphatic hydroxyl groups is 1. The van der Waals surface area contributed by atoms with E-state index in [1.807, 2.05) is 30.3 Å². The van der Waals surface area contributed by atoms with E-state index in [-0.39, 0.29) is 11.2 Å². The third-order valence-electron chi connectivity index (χ3n) is 6.11. The predicted molar refractivity (Wildman–Crippen MR) is 128 cm³/mol. The van der Waals surface area contributed by atoms with Gasteiger partial charge in [-0.2, -0.15) is 13.2 Å². The van der Waals surface area contributed by atoms with E-state index in [0.29, 0.717) is 15.8 Å². The molecule has 2 heterocycles. The quantitative estimate of drug-likeness (QED) is 0.346. The molecule has 4 rings (SSSR count). The Morgan fingerprint density at radius 2 is 1.68 bits per heavy atom. The van der Waals surface area contributed by atoms with Gasteiger partial charge in [0.15, 0.2) is 11.0 Å². The molecule has 4 nitrogen and oxygen atoms in total. The van der Waals surface area contributed by atoms with Crippen molar-refractivity contribution in [3.8, 4) is 16.9 Å². The maximum Gasteiger partial charge on any atom is 0.418 e. The van der Waals surface area contributed by atoms with Crippen LogP contribution in [-0.4, -0.2) is 26.6 Å². The zero-order valence-electron chi connectivity index (χ0n) is 18.6. The maximum atomic E-state index is 14.3. The van der Waals surface area contributed by atoms with Crippen molar-refractivity contribution in [2.75, 3.05) is 0 Å². The van der Waals surface area contributed by atoms with Crippen molar-refractivity contribution in [1.82, 2.24) is 4.57 Å². The van der Waals surface area contributed by atoms with Gasteiger partial charge in [0.2, 0.25) is 0 Å². The summed E-state index contributed by atoms with van der Waals surface area (Å²) in [5.74, 6) is -0.141. The first-order valence-electron chi connectivity index (χ1n) is 10.7. The van der Waals surface area contributed by atoms with E-state index in [4.69, 9.17) is 0 Å². The molecule has 8 heteroatoms. The number of pyridine rings is 1. The summed E-state index contributed by atoms with van der Waals surface area (Å²) in [6, 6.07) is 16.9. The molecule has 0 radical (unpaired) electrons. The van der Waals surface area contributed by atoms with E-state index in [1.54, 1.807) is 37.4 Å². The lowest BCUT2D eigenvalue weighted by molar-refractivity contribution is -0.271. The van der Waals surface area contributed by atoms with Crippen molar-refractivity contribution in [2.24, 2.45) is 0 Å². The zero-order chi connectivity index (χ0) is 24.7. The Morgan fingerprint density at radius 3 is 2.35 bits per heavy atom. The first kappa shape index (κ1) is 24.0. The minimum Gasteiger partial charge on any atom is -0.508 e. The molecule has 2 aromatic carbocycles. The van der Waals surface area contributed by atoms with Crippen LogP contribution in [0.4, 0.5) is 13.2 Å². The lowest BCUT2D eigenvalue weighted by Gasteiger charge is -2.38. The summed E-state index contributed by atoms with van der Waals surface area (Å²) in [5.41, 5.74) is -2.39. The molecule has 1 unspecified atom stereocenters. The number of hydrogen-bond donors (Lipinski definition) is 2. The van der Waals surface area contributed by atoms with Crippen molar-refractivity contribution < 1.29 is 23.4 Å². The van der Waals surface area contributed by atoms with Crippen LogP contribution in [0, 0.1) is 0 Å². The van der Waals surface area contributed by atoms with E-state index in [2.05, 4.69) is 0 Å². The normalized spacial score (nSPS) is 14.3. The third-order valence-corrected chi connectivity index (χ3v) is 7.03. The molecular weight excluding hydrogens is 463 g/mol. The second kappa shape index (κ2) is 8.60. The van der Waals surface area contributed by atoms with E-state index in [0.717, 1.165) is 22.5 Å². The van der Waals surface area contributed by atoms with E-state index in [1.165, 1.54) is 22.9 Å². The standard InChI is InChI=1S/C26H24F3NO3S/c1-24(2,19-14-18(8-9-21(19)31)17-6-4-3-5-7-17)15-25(33,26(27,28)29)16-30-12-10-22(32)23-20(30)11-13-34-23/h3-14,31,33H,15-16H2,1-2H3. The zero-order valence-corrected chi connectivity index (χ0v) is 19.5. The van der Waals surface area contributed by atoms with Gasteiger partial charge in [-0.1, -0.05) is 50.2 Å². The van der Waals surface area contributed by atoms with Crippen LogP contribution in [-0.2, 0) is 12.0 Å². The molecule has 0 fully saturated rings. The fourth-order valence-electron chi connectivity index (χ4n) is 4.41. The summed E-state index contributed by atoms with van der Waals surface area (Å²) in [4.78, 5) is 12.0. The van der Waals surface area contributed by atoms with Crippen LogP contribution in [0.3, 0.4) is 0 Å². The predicted octanol–water partition coefficient (Wildman–Crippen LogP) is 6.10. The van der Waals surface area contributed by atoms with Gasteiger partial charge in [0.05, 0.1) is 16.8 Å². The molecule has 0 amide bonds. The molecular formula is C26H24F3NO3S. The van der Waals surface area contributed by atoms with Gasteiger partial charge in [-0.15, -0.1) is 11.3 Å². The van der Waals surface area contributed by atoms with Crippen molar-refractivity contribution in [3.05, 3.63) is 88.0 Å². The number of aromatic nitrogens is 1. The summed E-state index contributed by atoms with van der Waals surface area (Å²) >= 11 is 1.14. The first-order valence-corrected chi connectivity index (χ1v) is 11.5. The lowest BCUT2D eigenvalue weighted by Crippen LogP contribution is -2.52. The molecule has 4 aromatic rings. The van der Waals surface area contributed by atoms with Crippen molar-refractivity contribution in [1.29, 1.82) is 0 Å². The fraction of sp³-hybridized carbons (Fsp3) is 0.269. The van der Waals surface area contributed by atoms with E-state index in [9.17, 15) is 28.2 Å². The number of phenolic OH excluding ortho intramolecular Hbond substituents is 1. The average Bonchev–Trinajstić information content (AvgIpc) is 3.27. The number of thiophene rings is 1. The topological polar surface area (TPSA) is 62.5 Å². The molecule has 0 bridgehead atoms. The van der Waals surface area contributed by atoms with Crippen LogP contribution in [0.15, 0.2) is 77.0 Å². The average molecular weight is 488 g/mol. The molecule has 0 aliphatic heterocycles. The molecule has 0 aliphatic carbocycles. The van der Waals surface area contributed by atoms with Crippen molar-refractivity contribution in [3.63, 3.8) is 0 Å². The number of nitrogens with zero attached hydrogens (tertiary/aromatic N) is 1. The molecule has 2 aromatic heterocycles. The summed E-state index contributed by atoms with van der Waals surface area (Å²) in [6.07, 6.45) is -4.38. The molecule has 0 aliphatic rings. The Bertz CT molecular complexity index is 1380. The number of halogens is 3. The van der Waals surface area contributed by atoms with E-state index >= 15 is 0 Å². The summed E-state index contributed by atoms with van der Waals surface area (Å²) in [6.45, 7) is 2.35. The smallest absolute Gasteiger partial charge is 0.418 e. The highest BCUT2D eigenvalue weighted by molar-refractivity contribution is 7.17. The minimum absolute atomic E-state index is 0.141. The number of hydrogen-bond acceptors (Lipinski definition) is 4. The number of fused-ring (bicyclic) bond motifs is 1.